The number of aromatic nitrogens is 1. The van der Waals surface area contributed by atoms with E-state index >= 15 is 0 Å². The fourth-order valence-corrected chi connectivity index (χ4v) is 1.57. The minimum atomic E-state index is -0.692. The number of aliphatic hydroxyl groups excluding tert-OH is 1. The summed E-state index contributed by atoms with van der Waals surface area (Å²) in [7, 11) is 0. The lowest BCUT2D eigenvalue weighted by Gasteiger charge is -2.28. The normalized spacial score (nSPS) is 13.8. The van der Waals surface area contributed by atoms with Crippen LogP contribution in [0.15, 0.2) is 34.8 Å². The van der Waals surface area contributed by atoms with E-state index in [1.807, 2.05) is 24.3 Å². The highest BCUT2D eigenvalue weighted by atomic mass is 16.3. The predicted molar refractivity (Wildman–Crippen MR) is 76.9 cm³/mol. The number of hydrogen-bond acceptors (Lipinski definition) is 4. The Balaban J connectivity index is 2.07. The van der Waals surface area contributed by atoms with Crippen LogP contribution in [0.3, 0.4) is 0 Å². The van der Waals surface area contributed by atoms with Crippen molar-refractivity contribution in [1.82, 2.24) is 10.3 Å². The molecule has 1 heterocycles. The Labute approximate surface area is 117 Å². The molecule has 0 saturated heterocycles. The summed E-state index contributed by atoms with van der Waals surface area (Å²) in [5, 5.41) is 12.3. The quantitative estimate of drug-likeness (QED) is 0.837. The van der Waals surface area contributed by atoms with Gasteiger partial charge in [0.1, 0.15) is 5.52 Å². The van der Waals surface area contributed by atoms with Gasteiger partial charge in [-0.15, -0.1) is 0 Å². The summed E-state index contributed by atoms with van der Waals surface area (Å²) in [6.07, 6.45) is 2.20. The molecular formula is C15H18N2O3. The second kappa shape index (κ2) is 5.46. The SMILES string of the molecule is CC(O)C(C)(C)NC(=O)/C=C/c1nc2ccccc2o1. The van der Waals surface area contributed by atoms with E-state index < -0.39 is 11.6 Å². The van der Waals surface area contributed by atoms with Gasteiger partial charge < -0.3 is 14.8 Å². The summed E-state index contributed by atoms with van der Waals surface area (Å²) in [4.78, 5) is 16.0. The minimum absolute atomic E-state index is 0.307. The molecule has 0 aliphatic rings. The Bertz CT molecular complexity index is 608. The number of hydrogen-bond donors (Lipinski definition) is 2. The number of aliphatic hydroxyl groups is 1. The van der Waals surface area contributed by atoms with Crippen molar-refractivity contribution in [2.24, 2.45) is 0 Å². The molecule has 1 aromatic heterocycles. The van der Waals surface area contributed by atoms with Gasteiger partial charge in [0, 0.05) is 12.2 Å². The molecule has 0 aliphatic heterocycles. The van der Waals surface area contributed by atoms with Crippen molar-refractivity contribution in [3.8, 4) is 0 Å². The highest BCUT2D eigenvalue weighted by Gasteiger charge is 2.24. The molecule has 0 aliphatic carbocycles. The van der Waals surface area contributed by atoms with Gasteiger partial charge in [0.25, 0.3) is 0 Å². The molecule has 5 heteroatoms. The molecule has 0 radical (unpaired) electrons. The van der Waals surface area contributed by atoms with Gasteiger partial charge in [0.05, 0.1) is 11.6 Å². The Kier molecular flexibility index (Phi) is 3.90. The van der Waals surface area contributed by atoms with Crippen LogP contribution in [-0.4, -0.2) is 27.6 Å². The number of nitrogens with zero attached hydrogens (tertiary/aromatic N) is 1. The molecule has 1 amide bonds. The van der Waals surface area contributed by atoms with Crippen LogP contribution in [0.1, 0.15) is 26.7 Å². The van der Waals surface area contributed by atoms with E-state index in [2.05, 4.69) is 10.3 Å². The second-order valence-corrected chi connectivity index (χ2v) is 5.24. The first kappa shape index (κ1) is 14.3. The predicted octanol–water partition coefficient (Wildman–Crippen LogP) is 2.12. The maximum absolute atomic E-state index is 11.8. The lowest BCUT2D eigenvalue weighted by molar-refractivity contribution is -0.119. The molecule has 1 aromatic carbocycles. The molecule has 0 spiro atoms. The summed E-state index contributed by atoms with van der Waals surface area (Å²) in [5.41, 5.74) is 0.733. The van der Waals surface area contributed by atoms with Gasteiger partial charge in [-0.2, -0.15) is 0 Å². The van der Waals surface area contributed by atoms with Gasteiger partial charge in [-0.1, -0.05) is 12.1 Å². The molecule has 0 saturated carbocycles. The van der Waals surface area contributed by atoms with Gasteiger partial charge in [-0.3, -0.25) is 4.79 Å². The van der Waals surface area contributed by atoms with Gasteiger partial charge in [-0.05, 0) is 32.9 Å². The van der Waals surface area contributed by atoms with Crippen LogP contribution < -0.4 is 5.32 Å². The lowest BCUT2D eigenvalue weighted by Crippen LogP contribution is -2.50. The van der Waals surface area contributed by atoms with Crippen molar-refractivity contribution in [2.75, 3.05) is 0 Å². The van der Waals surface area contributed by atoms with Gasteiger partial charge in [0.15, 0.2) is 5.58 Å². The molecule has 2 N–H and O–H groups in total. The van der Waals surface area contributed by atoms with Crippen molar-refractivity contribution < 1.29 is 14.3 Å². The van der Waals surface area contributed by atoms with Crippen LogP contribution in [0.25, 0.3) is 17.2 Å². The number of carbonyl (C=O) groups excluding carboxylic acids is 1. The number of rotatable bonds is 4. The lowest BCUT2D eigenvalue weighted by atomic mass is 9.99. The molecule has 5 nitrogen and oxygen atoms in total. The maximum Gasteiger partial charge on any atom is 0.244 e. The summed E-state index contributed by atoms with van der Waals surface area (Å²) >= 11 is 0. The van der Waals surface area contributed by atoms with Crippen molar-refractivity contribution in [3.05, 3.63) is 36.2 Å². The molecule has 20 heavy (non-hydrogen) atoms. The van der Waals surface area contributed by atoms with Crippen LogP contribution in [-0.2, 0) is 4.79 Å². The van der Waals surface area contributed by atoms with E-state index in [1.165, 1.54) is 12.2 Å². The van der Waals surface area contributed by atoms with Crippen LogP contribution >= 0.6 is 0 Å². The van der Waals surface area contributed by atoms with Crippen LogP contribution in [0.2, 0.25) is 0 Å². The topological polar surface area (TPSA) is 75.4 Å². The third-order valence-corrected chi connectivity index (χ3v) is 3.18. The average Bonchev–Trinajstić information content (AvgIpc) is 2.78. The number of amides is 1. The molecular weight excluding hydrogens is 256 g/mol. The molecule has 106 valence electrons. The number of nitrogens with one attached hydrogen (secondary N) is 1. The standard InChI is InChI=1S/C15H18N2O3/c1-10(18)15(2,3)17-13(19)8-9-14-16-11-6-4-5-7-12(11)20-14/h4-10,18H,1-3H3,(H,17,19)/b9-8+. The summed E-state index contributed by atoms with van der Waals surface area (Å²) in [6, 6.07) is 7.39. The molecule has 0 fully saturated rings. The largest absolute Gasteiger partial charge is 0.437 e. The summed E-state index contributed by atoms with van der Waals surface area (Å²) in [5.74, 6) is 0.0642. The van der Waals surface area contributed by atoms with Gasteiger partial charge in [0.2, 0.25) is 11.8 Å². The van der Waals surface area contributed by atoms with E-state index in [0.717, 1.165) is 5.52 Å². The average molecular weight is 274 g/mol. The zero-order chi connectivity index (χ0) is 14.8. The Morgan fingerprint density at radius 1 is 1.45 bits per heavy atom. The molecule has 2 rings (SSSR count). The van der Waals surface area contributed by atoms with Crippen molar-refractivity contribution in [1.29, 1.82) is 0 Å². The van der Waals surface area contributed by atoms with E-state index in [9.17, 15) is 9.90 Å². The minimum Gasteiger partial charge on any atom is -0.437 e. The number of carbonyl (C=O) groups is 1. The monoisotopic (exact) mass is 274 g/mol. The number of benzene rings is 1. The summed E-state index contributed by atoms with van der Waals surface area (Å²) in [6.45, 7) is 5.14. The highest BCUT2D eigenvalue weighted by molar-refractivity contribution is 5.92. The fourth-order valence-electron chi connectivity index (χ4n) is 1.57. The van der Waals surface area contributed by atoms with Crippen LogP contribution in [0.5, 0.6) is 0 Å². The van der Waals surface area contributed by atoms with Crippen molar-refractivity contribution >= 4 is 23.1 Å². The fraction of sp³-hybridized carbons (Fsp3) is 0.333. The first-order valence-electron chi connectivity index (χ1n) is 6.42. The molecule has 0 bridgehead atoms. The molecule has 1 unspecified atom stereocenters. The van der Waals surface area contributed by atoms with E-state index in [1.54, 1.807) is 20.8 Å². The third-order valence-electron chi connectivity index (χ3n) is 3.18. The number of fused-ring (bicyclic) bond motifs is 1. The highest BCUT2D eigenvalue weighted by Crippen LogP contribution is 2.15. The maximum atomic E-state index is 11.8. The zero-order valence-electron chi connectivity index (χ0n) is 11.8. The van der Waals surface area contributed by atoms with Gasteiger partial charge in [-0.25, -0.2) is 4.98 Å². The Morgan fingerprint density at radius 2 is 2.15 bits per heavy atom. The van der Waals surface area contributed by atoms with E-state index in [0.29, 0.717) is 11.5 Å². The summed E-state index contributed by atoms with van der Waals surface area (Å²) < 4.78 is 5.47. The Hall–Kier alpha value is -2.14. The first-order valence-corrected chi connectivity index (χ1v) is 6.42. The number of para-hydroxylation sites is 2. The molecule has 2 aromatic rings. The second-order valence-electron chi connectivity index (χ2n) is 5.24. The van der Waals surface area contributed by atoms with E-state index in [-0.39, 0.29) is 5.91 Å². The van der Waals surface area contributed by atoms with Crippen LogP contribution in [0.4, 0.5) is 0 Å². The van der Waals surface area contributed by atoms with E-state index in [4.69, 9.17) is 4.42 Å². The van der Waals surface area contributed by atoms with Crippen molar-refractivity contribution in [2.45, 2.75) is 32.4 Å². The Morgan fingerprint density at radius 3 is 2.80 bits per heavy atom. The van der Waals surface area contributed by atoms with Crippen molar-refractivity contribution in [3.63, 3.8) is 0 Å². The first-order chi connectivity index (χ1) is 9.38. The zero-order valence-corrected chi connectivity index (χ0v) is 11.8. The smallest absolute Gasteiger partial charge is 0.244 e. The van der Waals surface area contributed by atoms with Gasteiger partial charge >= 0.3 is 0 Å². The number of oxazole rings is 1. The molecule has 1 atom stereocenters. The third kappa shape index (κ3) is 3.24. The van der Waals surface area contributed by atoms with Crippen LogP contribution in [0, 0.1) is 0 Å².